The monoisotopic (exact) mass is 264 g/mol. The minimum absolute atomic E-state index is 0. The van der Waals surface area contributed by atoms with Gasteiger partial charge in [-0.1, -0.05) is 6.42 Å². The second kappa shape index (κ2) is 6.57. The summed E-state index contributed by atoms with van der Waals surface area (Å²) >= 11 is 0. The molecule has 5 heteroatoms. The van der Waals surface area contributed by atoms with Crippen LogP contribution in [0.2, 0.25) is 0 Å². The van der Waals surface area contributed by atoms with E-state index in [1.807, 2.05) is 0 Å². The molecule has 102 valence electrons. The maximum absolute atomic E-state index is 11.7. The van der Waals surface area contributed by atoms with Crippen LogP contribution in [0.3, 0.4) is 0 Å². The van der Waals surface area contributed by atoms with Crippen LogP contribution in [-0.4, -0.2) is 31.7 Å². The summed E-state index contributed by atoms with van der Waals surface area (Å²) in [4.78, 5) is 11.7. The molecule has 0 unspecified atom stereocenters. The number of carbonyl (C=O) groups excluding carboxylic acids is 1. The van der Waals surface area contributed by atoms with E-state index in [1.165, 1.54) is 19.3 Å². The average molecular weight is 265 g/mol. The van der Waals surface area contributed by atoms with Crippen molar-refractivity contribution in [3.05, 3.63) is 0 Å². The maximum Gasteiger partial charge on any atom is 0.239 e. The number of carbonyl (C=O) groups is 1. The third kappa shape index (κ3) is 4.82. The summed E-state index contributed by atoms with van der Waals surface area (Å²) in [5.74, 6) is -0.0730. The Kier molecular flexibility index (Phi) is 6.45. The summed E-state index contributed by atoms with van der Waals surface area (Å²) in [6, 6.07) is 0. The summed E-state index contributed by atoms with van der Waals surface area (Å²) in [5.41, 5.74) is 5.21. The highest BCUT2D eigenvalue weighted by Gasteiger charge is 2.37. The van der Waals surface area contributed by atoms with Crippen LogP contribution >= 0.6 is 12.4 Å². The normalized spacial score (nSPS) is 17.9. The van der Waals surface area contributed by atoms with Crippen molar-refractivity contribution in [2.24, 2.45) is 11.1 Å². The van der Waals surface area contributed by atoms with Crippen LogP contribution in [0.4, 0.5) is 0 Å². The van der Waals surface area contributed by atoms with Gasteiger partial charge in [0.2, 0.25) is 5.91 Å². The van der Waals surface area contributed by atoms with Crippen molar-refractivity contribution in [1.29, 1.82) is 0 Å². The molecule has 0 saturated heterocycles. The van der Waals surface area contributed by atoms with E-state index in [2.05, 4.69) is 5.32 Å². The number of hydrogen-bond acceptors (Lipinski definition) is 3. The number of rotatable bonds is 6. The van der Waals surface area contributed by atoms with Gasteiger partial charge < -0.3 is 15.8 Å². The van der Waals surface area contributed by atoms with E-state index in [0.717, 1.165) is 19.6 Å². The van der Waals surface area contributed by atoms with E-state index in [9.17, 15) is 4.79 Å². The highest BCUT2D eigenvalue weighted by Crippen LogP contribution is 2.43. The van der Waals surface area contributed by atoms with Gasteiger partial charge in [-0.05, 0) is 38.5 Å². The molecular formula is C12H25ClN2O2. The van der Waals surface area contributed by atoms with E-state index >= 15 is 0 Å². The Morgan fingerprint density at radius 3 is 2.41 bits per heavy atom. The molecule has 0 bridgehead atoms. The molecule has 0 aromatic heterocycles. The lowest BCUT2D eigenvalue weighted by atomic mass is 9.66. The van der Waals surface area contributed by atoms with Gasteiger partial charge in [0.25, 0.3) is 0 Å². The van der Waals surface area contributed by atoms with Crippen LogP contribution in [0.15, 0.2) is 0 Å². The van der Waals surface area contributed by atoms with Crippen molar-refractivity contribution in [1.82, 2.24) is 5.32 Å². The Balaban J connectivity index is 0.00000256. The predicted molar refractivity (Wildman–Crippen MR) is 71.3 cm³/mol. The third-order valence-electron chi connectivity index (χ3n) is 3.46. The number of halogens is 1. The van der Waals surface area contributed by atoms with Gasteiger partial charge >= 0.3 is 0 Å². The van der Waals surface area contributed by atoms with Crippen molar-refractivity contribution in [3.8, 4) is 0 Å². The molecule has 1 fully saturated rings. The van der Waals surface area contributed by atoms with Gasteiger partial charge in [0.1, 0.15) is 0 Å². The third-order valence-corrected chi connectivity index (χ3v) is 3.46. The second-order valence-electron chi connectivity index (χ2n) is 5.50. The number of amides is 1. The lowest BCUT2D eigenvalue weighted by Gasteiger charge is -2.42. The van der Waals surface area contributed by atoms with Gasteiger partial charge in [-0.15, -0.1) is 12.4 Å². The van der Waals surface area contributed by atoms with Crippen LogP contribution in [0.5, 0.6) is 0 Å². The highest BCUT2D eigenvalue weighted by atomic mass is 35.5. The van der Waals surface area contributed by atoms with Gasteiger partial charge in [0, 0.05) is 20.3 Å². The van der Waals surface area contributed by atoms with Crippen LogP contribution in [0, 0.1) is 5.41 Å². The average Bonchev–Trinajstić information content (AvgIpc) is 2.14. The van der Waals surface area contributed by atoms with Crippen molar-refractivity contribution in [3.63, 3.8) is 0 Å². The lowest BCUT2D eigenvalue weighted by molar-refractivity contribution is -0.126. The van der Waals surface area contributed by atoms with Crippen molar-refractivity contribution < 1.29 is 9.53 Å². The van der Waals surface area contributed by atoms with Gasteiger partial charge in [0.05, 0.1) is 5.54 Å². The summed E-state index contributed by atoms with van der Waals surface area (Å²) in [6.07, 6.45) is 4.64. The minimum Gasteiger partial charge on any atom is -0.385 e. The summed E-state index contributed by atoms with van der Waals surface area (Å²) < 4.78 is 5.11. The Morgan fingerprint density at radius 1 is 1.47 bits per heavy atom. The molecule has 0 aromatic rings. The minimum atomic E-state index is -0.786. The van der Waals surface area contributed by atoms with Crippen molar-refractivity contribution in [2.45, 2.75) is 45.1 Å². The fourth-order valence-corrected chi connectivity index (χ4v) is 2.01. The molecule has 1 amide bonds. The molecule has 0 aliphatic heterocycles. The molecule has 1 aliphatic carbocycles. The summed E-state index contributed by atoms with van der Waals surface area (Å²) in [6.45, 7) is 4.95. The molecule has 0 radical (unpaired) electrons. The molecule has 1 aliphatic rings. The van der Waals surface area contributed by atoms with E-state index in [-0.39, 0.29) is 23.7 Å². The molecule has 0 spiro atoms. The van der Waals surface area contributed by atoms with Crippen LogP contribution < -0.4 is 11.1 Å². The number of ether oxygens (including phenoxy) is 1. The predicted octanol–water partition coefficient (Wildman–Crippen LogP) is 1.47. The zero-order chi connectivity index (χ0) is 12.2. The highest BCUT2D eigenvalue weighted by molar-refractivity contribution is 5.85. The molecule has 3 N–H and O–H groups in total. The topological polar surface area (TPSA) is 64.3 Å². The number of hydrogen-bond donors (Lipinski definition) is 2. The quantitative estimate of drug-likeness (QED) is 0.764. The maximum atomic E-state index is 11.7. The molecule has 0 aromatic carbocycles. The standard InChI is InChI=1S/C12H24N2O2.ClH/c1-11(2,13)10(15)14-9-12(5-4-6-12)7-8-16-3;/h4-9,13H2,1-3H3,(H,14,15);1H. The smallest absolute Gasteiger partial charge is 0.239 e. The zero-order valence-corrected chi connectivity index (χ0v) is 11.9. The first kappa shape index (κ1) is 16.7. The fraction of sp³-hybridized carbons (Fsp3) is 0.917. The Morgan fingerprint density at radius 2 is 2.06 bits per heavy atom. The number of nitrogens with one attached hydrogen (secondary N) is 1. The molecule has 4 nitrogen and oxygen atoms in total. The van der Waals surface area contributed by atoms with Crippen molar-refractivity contribution >= 4 is 18.3 Å². The van der Waals surface area contributed by atoms with E-state index < -0.39 is 5.54 Å². The summed E-state index contributed by atoms with van der Waals surface area (Å²) in [5, 5.41) is 2.95. The van der Waals surface area contributed by atoms with Gasteiger partial charge in [0.15, 0.2) is 0 Å². The fourth-order valence-electron chi connectivity index (χ4n) is 2.01. The lowest BCUT2D eigenvalue weighted by Crippen LogP contribution is -2.52. The summed E-state index contributed by atoms with van der Waals surface area (Å²) in [7, 11) is 1.72. The zero-order valence-electron chi connectivity index (χ0n) is 11.0. The van der Waals surface area contributed by atoms with E-state index in [0.29, 0.717) is 0 Å². The Labute approximate surface area is 110 Å². The van der Waals surface area contributed by atoms with Gasteiger partial charge in [-0.2, -0.15) is 0 Å². The molecule has 0 atom stereocenters. The molecule has 17 heavy (non-hydrogen) atoms. The first-order valence-corrected chi connectivity index (χ1v) is 5.96. The second-order valence-corrected chi connectivity index (χ2v) is 5.50. The largest absolute Gasteiger partial charge is 0.385 e. The molecular weight excluding hydrogens is 240 g/mol. The van der Waals surface area contributed by atoms with Gasteiger partial charge in [-0.3, -0.25) is 4.79 Å². The van der Waals surface area contributed by atoms with Crippen LogP contribution in [-0.2, 0) is 9.53 Å². The Bertz CT molecular complexity index is 247. The number of methoxy groups -OCH3 is 1. The van der Waals surface area contributed by atoms with E-state index in [4.69, 9.17) is 10.5 Å². The van der Waals surface area contributed by atoms with Crippen LogP contribution in [0.1, 0.15) is 39.5 Å². The van der Waals surface area contributed by atoms with Gasteiger partial charge in [-0.25, -0.2) is 0 Å². The first-order chi connectivity index (χ1) is 7.40. The number of nitrogens with two attached hydrogens (primary N) is 1. The molecule has 0 heterocycles. The van der Waals surface area contributed by atoms with Crippen LogP contribution in [0.25, 0.3) is 0 Å². The van der Waals surface area contributed by atoms with E-state index in [1.54, 1.807) is 21.0 Å². The molecule has 1 saturated carbocycles. The molecule has 1 rings (SSSR count). The Hall–Kier alpha value is -0.320. The SMILES string of the molecule is COCCC1(CNC(=O)C(C)(C)N)CCC1.Cl. The first-order valence-electron chi connectivity index (χ1n) is 5.96. The van der Waals surface area contributed by atoms with Crippen molar-refractivity contribution in [2.75, 3.05) is 20.3 Å².